The molecule has 2 aliphatic carbocycles. The monoisotopic (exact) mass is 427 g/mol. The maximum absolute atomic E-state index is 10.7. The molecule has 1 radical (unpaired) electrons. The summed E-state index contributed by atoms with van der Waals surface area (Å²) in [6, 6.07) is -0.0779. The van der Waals surface area contributed by atoms with Crippen LogP contribution in [0.3, 0.4) is 0 Å². The van der Waals surface area contributed by atoms with Crippen molar-refractivity contribution < 1.29 is 36.9 Å². The average Bonchev–Trinajstić information content (AvgIpc) is 2.67. The van der Waals surface area contributed by atoms with Crippen molar-refractivity contribution in [3.05, 3.63) is 10.6 Å². The Bertz CT molecular complexity index is 460. The van der Waals surface area contributed by atoms with Crippen molar-refractivity contribution in [3.63, 3.8) is 0 Å². The molecule has 4 rings (SSSR count). The molecule has 0 amide bonds. The fraction of sp³-hybridized carbons (Fsp3) is 0.900. The zero-order chi connectivity index (χ0) is 18.5. The summed E-state index contributed by atoms with van der Waals surface area (Å²) in [5, 5.41) is 26.5. The van der Waals surface area contributed by atoms with Crippen LogP contribution in [0, 0.1) is 11.8 Å². The fourth-order valence-electron chi connectivity index (χ4n) is 5.17. The summed E-state index contributed by atoms with van der Waals surface area (Å²) in [5.74, 6) is -0.0678. The number of fused-ring (bicyclic) bond motifs is 2. The minimum atomic E-state index is -0.732. The van der Waals surface area contributed by atoms with Crippen molar-refractivity contribution in [1.82, 2.24) is 0 Å². The molecule has 2 N–H and O–H groups in total. The number of hydrogen-bond acceptors (Lipinski definition) is 2. The molecule has 0 spiro atoms. The molecule has 0 bridgehead atoms. The van der Waals surface area contributed by atoms with Crippen molar-refractivity contribution in [2.45, 2.75) is 101 Å². The van der Waals surface area contributed by atoms with E-state index in [1.165, 1.54) is 38.5 Å². The van der Waals surface area contributed by atoms with Crippen LogP contribution in [0.1, 0.15) is 77.0 Å². The van der Waals surface area contributed by atoms with Gasteiger partial charge in [0.25, 0.3) is 11.9 Å². The van der Waals surface area contributed by atoms with E-state index in [4.69, 9.17) is 10.2 Å². The molecule has 2 saturated carbocycles. The van der Waals surface area contributed by atoms with E-state index in [-0.39, 0.29) is 17.1 Å². The number of piperidine rings is 2. The molecular formula is C20H32CuN2O4. The van der Waals surface area contributed by atoms with Crippen LogP contribution >= 0.6 is 0 Å². The molecule has 6 nitrogen and oxygen atoms in total. The molecule has 0 aromatic carbocycles. The topological polar surface area (TPSA) is 103 Å². The van der Waals surface area contributed by atoms with Gasteiger partial charge in [0.1, 0.15) is 0 Å². The Morgan fingerprint density at radius 3 is 1.33 bits per heavy atom. The van der Waals surface area contributed by atoms with E-state index in [0.717, 1.165) is 38.5 Å². The largest absolute Gasteiger partial charge is 2.00 e. The van der Waals surface area contributed by atoms with E-state index in [1.54, 1.807) is 0 Å². The van der Waals surface area contributed by atoms with Crippen molar-refractivity contribution in [2.24, 2.45) is 11.8 Å². The van der Waals surface area contributed by atoms with Gasteiger partial charge >= 0.3 is 17.1 Å². The predicted octanol–water partition coefficient (Wildman–Crippen LogP) is 4.33. The van der Waals surface area contributed by atoms with Crippen LogP contribution in [0.2, 0.25) is 0 Å². The van der Waals surface area contributed by atoms with Gasteiger partial charge in [0.15, 0.2) is 0 Å². The van der Waals surface area contributed by atoms with Crippen molar-refractivity contribution >= 4 is 11.9 Å². The number of nitrogens with zero attached hydrogens (tertiary/aromatic N) is 2. The van der Waals surface area contributed by atoms with Gasteiger partial charge in [-0.05, 0) is 12.1 Å². The van der Waals surface area contributed by atoms with Gasteiger partial charge in [-0.15, -0.1) is 12.1 Å². The fourth-order valence-corrected chi connectivity index (χ4v) is 5.17. The molecule has 4 aliphatic rings. The van der Waals surface area contributed by atoms with Crippen LogP contribution < -0.4 is 0 Å². The third-order valence-electron chi connectivity index (χ3n) is 6.67. The second-order valence-electron chi connectivity index (χ2n) is 8.38. The Balaban J connectivity index is 0.000000187. The molecular weight excluding hydrogens is 396 g/mol. The molecule has 6 unspecified atom stereocenters. The molecule has 27 heavy (non-hydrogen) atoms. The summed E-state index contributed by atoms with van der Waals surface area (Å²) in [5.41, 5.74) is 0. The van der Waals surface area contributed by atoms with Crippen LogP contribution in [0.15, 0.2) is 0 Å². The average molecular weight is 428 g/mol. The molecule has 6 atom stereocenters. The third-order valence-corrected chi connectivity index (χ3v) is 6.67. The van der Waals surface area contributed by atoms with Gasteiger partial charge in [-0.25, -0.2) is 0 Å². The molecule has 157 valence electrons. The second-order valence-corrected chi connectivity index (χ2v) is 8.38. The predicted molar refractivity (Wildman–Crippen MR) is 99.5 cm³/mol. The van der Waals surface area contributed by atoms with Gasteiger partial charge in [-0.2, -0.15) is 0 Å². The first-order valence-electron chi connectivity index (χ1n) is 10.4. The zero-order valence-corrected chi connectivity index (χ0v) is 16.8. The molecule has 0 aromatic heterocycles. The van der Waals surface area contributed by atoms with Crippen molar-refractivity contribution in [1.29, 1.82) is 0 Å². The Morgan fingerprint density at radius 1 is 0.593 bits per heavy atom. The van der Waals surface area contributed by atoms with E-state index >= 15 is 0 Å². The quantitative estimate of drug-likeness (QED) is 0.640. The van der Waals surface area contributed by atoms with E-state index in [0.29, 0.717) is 23.9 Å². The second kappa shape index (κ2) is 10.8. The Labute approximate surface area is 172 Å². The molecule has 4 fully saturated rings. The number of rotatable bonds is 2. The first-order valence-corrected chi connectivity index (χ1v) is 10.4. The van der Waals surface area contributed by atoms with Gasteiger partial charge in [-0.1, -0.05) is 88.9 Å². The van der Waals surface area contributed by atoms with Gasteiger partial charge in [0, 0.05) is 0 Å². The van der Waals surface area contributed by atoms with Gasteiger partial charge < -0.3 is 20.8 Å². The van der Waals surface area contributed by atoms with Crippen LogP contribution in [0.4, 0.5) is 0 Å². The van der Waals surface area contributed by atoms with Crippen LogP contribution in [0.25, 0.3) is 10.6 Å². The first kappa shape index (κ1) is 22.7. The van der Waals surface area contributed by atoms with Crippen LogP contribution in [0.5, 0.6) is 0 Å². The SMILES string of the molecule is O=C(O)C1CCC2CCCCC2[N-]1.O=C(O)C1CCC2CCCCC2[N-]1.[Cu+2]. The summed E-state index contributed by atoms with van der Waals surface area (Å²) in [4.78, 5) is 21.5. The van der Waals surface area contributed by atoms with E-state index in [2.05, 4.69) is 10.6 Å². The van der Waals surface area contributed by atoms with E-state index in [1.807, 2.05) is 0 Å². The minimum absolute atomic E-state index is 0. The number of aliphatic carboxylic acids is 2. The summed E-state index contributed by atoms with van der Waals surface area (Å²) in [6.07, 6.45) is 13.5. The van der Waals surface area contributed by atoms with Crippen molar-refractivity contribution in [3.8, 4) is 0 Å². The smallest absolute Gasteiger partial charge is 0.647 e. The molecule has 0 aromatic rings. The van der Waals surface area contributed by atoms with Gasteiger partial charge in [0.05, 0.1) is 0 Å². The zero-order valence-electron chi connectivity index (χ0n) is 15.9. The number of carboxylic acid groups (broad SMARTS) is 2. The summed E-state index contributed by atoms with van der Waals surface area (Å²) < 4.78 is 0. The standard InChI is InChI=1S/2C10H16NO2.Cu/c2*12-10(13)9-6-5-7-3-1-2-4-8(7)11-9;/h2*7-9H,1-6H2,(H,12,13);/q2*-1;+2. The summed E-state index contributed by atoms with van der Waals surface area (Å²) >= 11 is 0. The normalized spacial score (nSPS) is 38.1. The minimum Gasteiger partial charge on any atom is -0.647 e. The maximum Gasteiger partial charge on any atom is 2.00 e. The van der Waals surface area contributed by atoms with Gasteiger partial charge in [0.2, 0.25) is 0 Å². The van der Waals surface area contributed by atoms with Crippen LogP contribution in [-0.4, -0.2) is 46.3 Å². The van der Waals surface area contributed by atoms with E-state index < -0.39 is 24.0 Å². The summed E-state index contributed by atoms with van der Waals surface area (Å²) in [6.45, 7) is 0. The summed E-state index contributed by atoms with van der Waals surface area (Å²) in [7, 11) is 0. The molecule has 7 heteroatoms. The Kier molecular flexibility index (Phi) is 9.06. The molecule has 2 heterocycles. The van der Waals surface area contributed by atoms with Gasteiger partial charge in [-0.3, -0.25) is 9.59 Å². The molecule has 2 saturated heterocycles. The maximum atomic E-state index is 10.7. The first-order chi connectivity index (χ1) is 12.5. The van der Waals surface area contributed by atoms with Crippen molar-refractivity contribution in [2.75, 3.05) is 0 Å². The molecule has 2 aliphatic heterocycles. The van der Waals surface area contributed by atoms with Crippen LogP contribution in [-0.2, 0) is 26.7 Å². The third kappa shape index (κ3) is 6.18. The number of carboxylic acids is 2. The number of hydrogen-bond donors (Lipinski definition) is 2. The number of carbonyl (C=O) groups is 2. The Morgan fingerprint density at radius 2 is 0.963 bits per heavy atom. The van der Waals surface area contributed by atoms with E-state index in [9.17, 15) is 9.59 Å². The Hall–Kier alpha value is -0.621.